The zero-order valence-corrected chi connectivity index (χ0v) is 35.8. The van der Waals surface area contributed by atoms with Gasteiger partial charge in [0.2, 0.25) is 22.1 Å². The zero-order valence-electron chi connectivity index (χ0n) is 35.8. The van der Waals surface area contributed by atoms with Gasteiger partial charge >= 0.3 is 11.9 Å². The molecule has 4 amide bonds. The number of ether oxygens (including phenoxy) is 2. The van der Waals surface area contributed by atoms with Gasteiger partial charge in [0.25, 0.3) is 23.6 Å². The molecule has 66 heavy (non-hydrogen) atoms. The molecule has 2 aliphatic heterocycles. The molecule has 14 nitrogen and oxygen atoms in total. The van der Waals surface area contributed by atoms with Crippen molar-refractivity contribution >= 4 is 79.2 Å². The Balaban J connectivity index is 1.08. The van der Waals surface area contributed by atoms with E-state index in [2.05, 4.69) is 57.7 Å². The van der Waals surface area contributed by atoms with E-state index in [0.717, 1.165) is 65.9 Å². The third kappa shape index (κ3) is 7.18. The minimum atomic E-state index is -0.841. The highest BCUT2D eigenvalue weighted by Crippen LogP contribution is 2.42. The Labute approximate surface area is 376 Å². The molecule has 0 radical (unpaired) electrons. The number of carbonyl (C=O) groups is 6. The van der Waals surface area contributed by atoms with Gasteiger partial charge in [0.1, 0.15) is 11.5 Å². The number of aromatic nitrogens is 2. The van der Waals surface area contributed by atoms with E-state index in [0.29, 0.717) is 34.7 Å². The van der Waals surface area contributed by atoms with Crippen LogP contribution in [0.5, 0.6) is 11.5 Å². The summed E-state index contributed by atoms with van der Waals surface area (Å²) >= 11 is 0. The Morgan fingerprint density at radius 3 is 1.06 bits per heavy atom. The first kappa shape index (κ1) is 41.5. The Morgan fingerprint density at radius 2 is 0.758 bits per heavy atom. The van der Waals surface area contributed by atoms with E-state index in [4.69, 9.17) is 19.1 Å². The Bertz CT molecular complexity index is 3030. The quantitative estimate of drug-likeness (QED) is 0.0748. The van der Waals surface area contributed by atoms with E-state index in [-0.39, 0.29) is 36.8 Å². The summed E-state index contributed by atoms with van der Waals surface area (Å²) in [5.41, 5.74) is 7.72. The van der Waals surface area contributed by atoms with Crippen molar-refractivity contribution in [1.29, 1.82) is 0 Å². The van der Waals surface area contributed by atoms with Crippen molar-refractivity contribution in [2.24, 2.45) is 0 Å². The van der Waals surface area contributed by atoms with E-state index in [1.807, 2.05) is 48.5 Å². The summed E-state index contributed by atoms with van der Waals surface area (Å²) in [6.45, 7) is 0.734. The van der Waals surface area contributed by atoms with Gasteiger partial charge < -0.3 is 19.1 Å². The highest BCUT2D eigenvalue weighted by atomic mass is 16.7. The number of methoxy groups -OCH3 is 2. The molecular weight excluding hydrogens is 841 g/mol. The molecule has 6 aromatic carbocycles. The molecule has 14 heteroatoms. The molecule has 0 aliphatic carbocycles. The van der Waals surface area contributed by atoms with Crippen molar-refractivity contribution < 1.29 is 57.1 Å². The van der Waals surface area contributed by atoms with Crippen LogP contribution in [0.25, 0.3) is 54.7 Å². The third-order valence-electron chi connectivity index (χ3n) is 12.2. The first-order chi connectivity index (χ1) is 32.1. The number of hydroxylamine groups is 4. The molecule has 2 aliphatic rings. The first-order valence-electron chi connectivity index (χ1n) is 21.3. The van der Waals surface area contributed by atoms with Gasteiger partial charge in [0, 0.05) is 61.1 Å². The maximum atomic E-state index is 13.1. The number of hydrogen-bond donors (Lipinski definition) is 0. The molecule has 0 bridgehead atoms. The van der Waals surface area contributed by atoms with Crippen molar-refractivity contribution in [3.05, 3.63) is 156 Å². The number of pyridine rings is 2. The predicted molar refractivity (Wildman–Crippen MR) is 239 cm³/mol. The second-order valence-corrected chi connectivity index (χ2v) is 16.0. The Kier molecular flexibility index (Phi) is 10.6. The van der Waals surface area contributed by atoms with Crippen LogP contribution >= 0.6 is 0 Å². The van der Waals surface area contributed by atoms with E-state index in [1.54, 1.807) is 36.4 Å². The van der Waals surface area contributed by atoms with Crippen LogP contribution in [-0.4, -0.2) is 59.9 Å². The third-order valence-corrected chi connectivity index (χ3v) is 12.2. The molecule has 0 unspecified atom stereocenters. The topological polar surface area (TPSA) is 154 Å². The monoisotopic (exact) mass is 880 g/mol. The number of amides is 4. The number of nitrogens with zero attached hydrogens (tertiary/aromatic N) is 4. The number of para-hydroxylation sites is 4. The van der Waals surface area contributed by atoms with Crippen LogP contribution in [0.2, 0.25) is 0 Å². The van der Waals surface area contributed by atoms with E-state index in [1.165, 1.54) is 14.2 Å². The number of rotatable bonds is 11. The molecule has 8 aromatic rings. The number of imide groups is 2. The van der Waals surface area contributed by atoms with E-state index in [9.17, 15) is 28.8 Å². The van der Waals surface area contributed by atoms with Gasteiger partial charge in [-0.2, -0.15) is 9.13 Å². The normalized spacial score (nSPS) is 14.0. The van der Waals surface area contributed by atoms with Crippen molar-refractivity contribution in [3.63, 3.8) is 0 Å². The largest absolute Gasteiger partial charge is 0.496 e. The molecule has 2 saturated heterocycles. The summed E-state index contributed by atoms with van der Waals surface area (Å²) in [6.07, 6.45) is -0.0245. The summed E-state index contributed by atoms with van der Waals surface area (Å²) in [7, 11) is 3.05. The van der Waals surface area contributed by atoms with Crippen molar-refractivity contribution in [2.75, 3.05) is 14.2 Å². The number of hydrogen-bond acceptors (Lipinski definition) is 10. The highest BCUT2D eigenvalue weighted by molar-refractivity contribution is 6.18. The van der Waals surface area contributed by atoms with Crippen molar-refractivity contribution in [1.82, 2.24) is 10.1 Å². The van der Waals surface area contributed by atoms with Crippen LogP contribution in [0.3, 0.4) is 0 Å². The molecule has 0 saturated carbocycles. The van der Waals surface area contributed by atoms with Crippen LogP contribution in [0, 0.1) is 0 Å². The molecule has 0 N–H and O–H groups in total. The standard InChI is InChI=1S/C52H40N4O10/c1-63-43-27-31(51(61)65-55-45(57)23-24-46(55)58)19-21-33(43)29-53-39-15-7-3-11-35(39)49(36-12-4-8-16-40(36)53)50-37-13-5-9-17-41(37)54(42-18-10-6-14-38(42)50)30-34-22-20-32(28-44(34)64-2)52(62)66-56-47(59)25-26-48(56)60/h3-22,27-28H,23-26,29-30H2,1-2H3/q+2. The van der Waals surface area contributed by atoms with Crippen LogP contribution in [0.4, 0.5) is 0 Å². The van der Waals surface area contributed by atoms with Crippen LogP contribution < -0.4 is 18.6 Å². The number of benzene rings is 6. The summed E-state index contributed by atoms with van der Waals surface area (Å²) < 4.78 is 16.1. The molecular formula is C52H40N4O10+2. The zero-order chi connectivity index (χ0) is 45.6. The Hall–Kier alpha value is -8.52. The predicted octanol–water partition coefficient (Wildman–Crippen LogP) is 7.10. The van der Waals surface area contributed by atoms with Gasteiger partial charge in [-0.15, -0.1) is 10.1 Å². The molecule has 326 valence electrons. The first-order valence-corrected chi connectivity index (χ1v) is 21.3. The van der Waals surface area contributed by atoms with Crippen LogP contribution in [0.1, 0.15) is 57.5 Å². The number of fused-ring (bicyclic) bond motifs is 4. The lowest BCUT2D eigenvalue weighted by Crippen LogP contribution is -2.37. The van der Waals surface area contributed by atoms with Gasteiger partial charge in [-0.25, -0.2) is 9.59 Å². The summed E-state index contributed by atoms with van der Waals surface area (Å²) in [6, 6.07) is 42.9. The average Bonchev–Trinajstić information content (AvgIpc) is 3.84. The fraction of sp³-hybridized carbons (Fsp3) is 0.154. The molecule has 4 heterocycles. The lowest BCUT2D eigenvalue weighted by molar-refractivity contribution is -0.636. The van der Waals surface area contributed by atoms with Crippen LogP contribution in [-0.2, 0) is 41.9 Å². The van der Waals surface area contributed by atoms with Gasteiger partial charge in [-0.05, 0) is 60.7 Å². The van der Waals surface area contributed by atoms with E-state index < -0.39 is 35.6 Å². The highest BCUT2D eigenvalue weighted by Gasteiger charge is 2.35. The summed E-state index contributed by atoms with van der Waals surface area (Å²) in [5, 5.41) is 5.08. The molecule has 0 spiro atoms. The fourth-order valence-electron chi connectivity index (χ4n) is 9.04. The molecule has 2 aromatic heterocycles. The van der Waals surface area contributed by atoms with Gasteiger partial charge in [-0.3, -0.25) is 19.2 Å². The molecule has 0 atom stereocenters. The van der Waals surface area contributed by atoms with Gasteiger partial charge in [-0.1, -0.05) is 48.5 Å². The van der Waals surface area contributed by atoms with Gasteiger partial charge in [0.05, 0.1) is 58.0 Å². The lowest BCUT2D eigenvalue weighted by Gasteiger charge is -2.17. The minimum Gasteiger partial charge on any atom is -0.496 e. The Morgan fingerprint density at radius 1 is 0.455 bits per heavy atom. The van der Waals surface area contributed by atoms with Crippen LogP contribution in [0.15, 0.2) is 133 Å². The lowest BCUT2D eigenvalue weighted by atomic mass is 9.90. The summed E-state index contributed by atoms with van der Waals surface area (Å²) in [4.78, 5) is 85.2. The number of carbonyl (C=O) groups excluding carboxylic acids is 6. The maximum Gasteiger partial charge on any atom is 0.364 e. The van der Waals surface area contributed by atoms with E-state index >= 15 is 0 Å². The fourth-order valence-corrected chi connectivity index (χ4v) is 9.04. The average molecular weight is 881 g/mol. The van der Waals surface area contributed by atoms with Crippen molar-refractivity contribution in [2.45, 2.75) is 38.8 Å². The van der Waals surface area contributed by atoms with Crippen molar-refractivity contribution in [3.8, 4) is 22.6 Å². The second kappa shape index (κ2) is 16.9. The maximum absolute atomic E-state index is 13.1. The molecule has 10 rings (SSSR count). The SMILES string of the molecule is COc1cc(C(=O)ON2C(=O)CCC2=O)ccc1C[n+]1c2ccccc2c(-c2c3ccccc3[n+](Cc3ccc(C(=O)ON4C(=O)CCC4=O)cc3OC)c3ccccc23)c2ccccc21. The second-order valence-electron chi connectivity index (χ2n) is 16.0. The summed E-state index contributed by atoms with van der Waals surface area (Å²) in [5.74, 6) is -3.06. The minimum absolute atomic E-state index is 0.00613. The smallest absolute Gasteiger partial charge is 0.364 e. The van der Waals surface area contributed by atoms with Gasteiger partial charge in [0.15, 0.2) is 13.1 Å². The molecule has 2 fully saturated rings.